The number of amides is 1. The summed E-state index contributed by atoms with van der Waals surface area (Å²) in [4.78, 5) is 22.3. The van der Waals surface area contributed by atoms with E-state index < -0.39 is 16.8 Å². The van der Waals surface area contributed by atoms with Gasteiger partial charge >= 0.3 is 0 Å². The van der Waals surface area contributed by atoms with Crippen molar-refractivity contribution in [2.24, 2.45) is 0 Å². The van der Waals surface area contributed by atoms with Gasteiger partial charge in [0.15, 0.2) is 0 Å². The monoisotopic (exact) mass is 295 g/mol. The molecule has 1 amide bonds. The molecule has 0 bridgehead atoms. The van der Waals surface area contributed by atoms with Crippen molar-refractivity contribution in [2.75, 3.05) is 5.32 Å². The number of carbonyl (C=O) groups excluding carboxylic acids is 1. The van der Waals surface area contributed by atoms with Crippen LogP contribution < -0.4 is 10.6 Å². The fourth-order valence-electron chi connectivity index (χ4n) is 2.47. The molecule has 114 valence electrons. The lowest BCUT2D eigenvalue weighted by molar-refractivity contribution is -0.384. The SMILES string of the molecule is C[C@H](Nc1ccc(F)cc1[N+](=O)[O-])C(=O)NC1CCCC1. The zero-order chi connectivity index (χ0) is 15.4. The first kappa shape index (κ1) is 15.2. The number of halogens is 1. The predicted molar refractivity (Wildman–Crippen MR) is 76.5 cm³/mol. The first-order valence-corrected chi connectivity index (χ1v) is 6.98. The van der Waals surface area contributed by atoms with Crippen LogP contribution in [0.25, 0.3) is 0 Å². The third-order valence-corrected chi connectivity index (χ3v) is 3.62. The van der Waals surface area contributed by atoms with Crippen LogP contribution in [0, 0.1) is 15.9 Å². The number of nitro groups is 1. The molecule has 1 aromatic carbocycles. The van der Waals surface area contributed by atoms with Crippen molar-refractivity contribution in [3.8, 4) is 0 Å². The van der Waals surface area contributed by atoms with Crippen LogP contribution in [0.3, 0.4) is 0 Å². The molecule has 0 spiro atoms. The minimum absolute atomic E-state index is 0.135. The first-order valence-electron chi connectivity index (χ1n) is 6.98. The van der Waals surface area contributed by atoms with Crippen molar-refractivity contribution >= 4 is 17.3 Å². The highest BCUT2D eigenvalue weighted by molar-refractivity contribution is 5.85. The predicted octanol–water partition coefficient (Wildman–Crippen LogP) is 2.59. The molecule has 1 aromatic rings. The molecule has 0 aromatic heterocycles. The summed E-state index contributed by atoms with van der Waals surface area (Å²) >= 11 is 0. The van der Waals surface area contributed by atoms with E-state index in [1.54, 1.807) is 6.92 Å². The minimum atomic E-state index is -0.685. The molecule has 1 atom stereocenters. The summed E-state index contributed by atoms with van der Waals surface area (Å²) < 4.78 is 13.1. The number of nitro benzene ring substituents is 1. The maximum atomic E-state index is 13.1. The van der Waals surface area contributed by atoms with E-state index in [4.69, 9.17) is 0 Å². The summed E-state index contributed by atoms with van der Waals surface area (Å²) in [5, 5.41) is 16.6. The molecule has 1 fully saturated rings. The van der Waals surface area contributed by atoms with E-state index in [1.165, 1.54) is 6.07 Å². The Hall–Kier alpha value is -2.18. The smallest absolute Gasteiger partial charge is 0.295 e. The summed E-state index contributed by atoms with van der Waals surface area (Å²) in [5.41, 5.74) is -0.244. The van der Waals surface area contributed by atoms with Crippen molar-refractivity contribution < 1.29 is 14.1 Å². The van der Waals surface area contributed by atoms with Crippen LogP contribution in [0.15, 0.2) is 18.2 Å². The summed E-state index contributed by atoms with van der Waals surface area (Å²) in [6.07, 6.45) is 4.15. The largest absolute Gasteiger partial charge is 0.368 e. The number of carbonyl (C=O) groups is 1. The van der Waals surface area contributed by atoms with Gasteiger partial charge in [0.2, 0.25) is 5.91 Å². The second-order valence-electron chi connectivity index (χ2n) is 5.27. The van der Waals surface area contributed by atoms with Crippen LogP contribution in [0.2, 0.25) is 0 Å². The van der Waals surface area contributed by atoms with E-state index in [9.17, 15) is 19.3 Å². The second kappa shape index (κ2) is 6.51. The van der Waals surface area contributed by atoms with E-state index in [1.807, 2.05) is 0 Å². The Labute approximate surface area is 121 Å². The average molecular weight is 295 g/mol. The highest BCUT2D eigenvalue weighted by Gasteiger charge is 2.23. The normalized spacial score (nSPS) is 16.5. The summed E-state index contributed by atoms with van der Waals surface area (Å²) in [6.45, 7) is 1.62. The zero-order valence-corrected chi connectivity index (χ0v) is 11.8. The number of nitrogens with one attached hydrogen (secondary N) is 2. The van der Waals surface area contributed by atoms with Gasteiger partial charge < -0.3 is 10.6 Å². The first-order chi connectivity index (χ1) is 9.97. The van der Waals surface area contributed by atoms with E-state index in [-0.39, 0.29) is 23.3 Å². The lowest BCUT2D eigenvalue weighted by Gasteiger charge is -2.18. The molecule has 1 saturated carbocycles. The van der Waals surface area contributed by atoms with Gasteiger partial charge in [0.25, 0.3) is 5.69 Å². The van der Waals surface area contributed by atoms with Gasteiger partial charge in [-0.3, -0.25) is 14.9 Å². The quantitative estimate of drug-likeness (QED) is 0.646. The number of hydrogen-bond acceptors (Lipinski definition) is 4. The second-order valence-corrected chi connectivity index (χ2v) is 5.27. The molecular formula is C14H18FN3O3. The number of rotatable bonds is 5. The standard InChI is InChI=1S/C14H18FN3O3/c1-9(14(19)17-11-4-2-3-5-11)16-12-7-6-10(15)8-13(12)18(20)21/h6-9,11,16H,2-5H2,1H3,(H,17,19)/t9-/m0/s1. The molecule has 0 radical (unpaired) electrons. The lowest BCUT2D eigenvalue weighted by atomic mass is 10.2. The number of anilines is 1. The van der Waals surface area contributed by atoms with Gasteiger partial charge in [-0.15, -0.1) is 0 Å². The number of nitrogens with zero attached hydrogens (tertiary/aromatic N) is 1. The highest BCUT2D eigenvalue weighted by atomic mass is 19.1. The average Bonchev–Trinajstić information content (AvgIpc) is 2.93. The topological polar surface area (TPSA) is 84.3 Å². The third kappa shape index (κ3) is 3.90. The van der Waals surface area contributed by atoms with Crippen LogP contribution in [-0.2, 0) is 4.79 Å². The van der Waals surface area contributed by atoms with Crippen molar-refractivity contribution in [2.45, 2.75) is 44.7 Å². The van der Waals surface area contributed by atoms with Crippen molar-refractivity contribution in [3.63, 3.8) is 0 Å². The summed E-state index contributed by atoms with van der Waals surface area (Å²) in [7, 11) is 0. The van der Waals surface area contributed by atoms with Gasteiger partial charge in [0.05, 0.1) is 11.0 Å². The van der Waals surface area contributed by atoms with E-state index >= 15 is 0 Å². The Morgan fingerprint density at radius 3 is 2.71 bits per heavy atom. The molecular weight excluding hydrogens is 277 g/mol. The fourth-order valence-corrected chi connectivity index (χ4v) is 2.47. The van der Waals surface area contributed by atoms with E-state index in [0.717, 1.165) is 37.8 Å². The molecule has 0 saturated heterocycles. The number of hydrogen-bond donors (Lipinski definition) is 2. The van der Waals surface area contributed by atoms with Crippen LogP contribution in [0.5, 0.6) is 0 Å². The molecule has 1 aliphatic rings. The van der Waals surface area contributed by atoms with Gasteiger partial charge in [-0.05, 0) is 31.9 Å². The maximum Gasteiger partial charge on any atom is 0.295 e. The van der Waals surface area contributed by atoms with Gasteiger partial charge in [-0.25, -0.2) is 4.39 Å². The molecule has 7 heteroatoms. The van der Waals surface area contributed by atoms with Crippen molar-refractivity contribution in [3.05, 3.63) is 34.1 Å². The minimum Gasteiger partial charge on any atom is -0.368 e. The van der Waals surface area contributed by atoms with Crippen molar-refractivity contribution in [1.29, 1.82) is 0 Å². The Balaban J connectivity index is 2.03. The van der Waals surface area contributed by atoms with Crippen LogP contribution in [-0.4, -0.2) is 22.9 Å². The molecule has 0 heterocycles. The fraction of sp³-hybridized carbons (Fsp3) is 0.500. The van der Waals surface area contributed by atoms with Gasteiger partial charge in [-0.1, -0.05) is 12.8 Å². The van der Waals surface area contributed by atoms with Gasteiger partial charge in [-0.2, -0.15) is 0 Å². The van der Waals surface area contributed by atoms with Crippen LogP contribution in [0.1, 0.15) is 32.6 Å². The molecule has 21 heavy (non-hydrogen) atoms. The number of benzene rings is 1. The van der Waals surface area contributed by atoms with E-state index in [2.05, 4.69) is 10.6 Å². The highest BCUT2D eigenvalue weighted by Crippen LogP contribution is 2.25. The maximum absolute atomic E-state index is 13.1. The Morgan fingerprint density at radius 1 is 1.43 bits per heavy atom. The Bertz CT molecular complexity index is 544. The summed E-state index contributed by atoms with van der Waals surface area (Å²) in [6, 6.07) is 2.79. The summed E-state index contributed by atoms with van der Waals surface area (Å²) in [5.74, 6) is -0.893. The Morgan fingerprint density at radius 2 is 2.10 bits per heavy atom. The molecule has 1 aliphatic carbocycles. The third-order valence-electron chi connectivity index (χ3n) is 3.62. The van der Waals surface area contributed by atoms with Gasteiger partial charge in [0.1, 0.15) is 17.5 Å². The molecule has 0 aliphatic heterocycles. The van der Waals surface area contributed by atoms with Crippen LogP contribution in [0.4, 0.5) is 15.8 Å². The van der Waals surface area contributed by atoms with Gasteiger partial charge in [0, 0.05) is 6.04 Å². The van der Waals surface area contributed by atoms with E-state index in [0.29, 0.717) is 0 Å². The Kier molecular flexibility index (Phi) is 4.72. The molecule has 6 nitrogen and oxygen atoms in total. The van der Waals surface area contributed by atoms with Crippen LogP contribution >= 0.6 is 0 Å². The lowest BCUT2D eigenvalue weighted by Crippen LogP contribution is -2.42. The molecule has 2 N–H and O–H groups in total. The zero-order valence-electron chi connectivity index (χ0n) is 11.8. The molecule has 2 rings (SSSR count). The molecule has 0 unspecified atom stereocenters. The van der Waals surface area contributed by atoms with Crippen molar-refractivity contribution in [1.82, 2.24) is 5.32 Å².